The molecule has 2 aliphatic heterocycles. The van der Waals surface area contributed by atoms with Crippen molar-refractivity contribution in [2.24, 2.45) is 5.92 Å². The number of carbonyl (C=O) groups excluding carboxylic acids is 1. The van der Waals surface area contributed by atoms with E-state index in [1.807, 2.05) is 0 Å². The maximum Gasteiger partial charge on any atom is 0.161 e. The van der Waals surface area contributed by atoms with Crippen molar-refractivity contribution in [2.45, 2.75) is 51.5 Å². The third-order valence-corrected chi connectivity index (χ3v) is 6.26. The van der Waals surface area contributed by atoms with Gasteiger partial charge in [0.1, 0.15) is 0 Å². The first-order chi connectivity index (χ1) is 11.8. The van der Waals surface area contributed by atoms with Crippen LogP contribution in [0.5, 0.6) is 0 Å². The summed E-state index contributed by atoms with van der Waals surface area (Å²) in [6.07, 6.45) is 6.16. The van der Waals surface area contributed by atoms with E-state index in [0.717, 1.165) is 45.1 Å². The minimum Gasteiger partial charge on any atom is -0.366 e. The van der Waals surface area contributed by atoms with E-state index in [-0.39, 0.29) is 0 Å². The van der Waals surface area contributed by atoms with Gasteiger partial charge in [-0.1, -0.05) is 31.5 Å². The molecular weight excluding hydrogens is 296 g/mol. The Balaban J connectivity index is 1.64. The number of Topliss-reactive ketones (excluding diaryl/α,β-unsaturated/α-hetero) is 1. The molecule has 0 amide bonds. The van der Waals surface area contributed by atoms with Crippen LogP contribution in [0.2, 0.25) is 0 Å². The second-order valence-electron chi connectivity index (χ2n) is 7.53. The van der Waals surface area contributed by atoms with Crippen LogP contribution in [0.4, 0.5) is 0 Å². The van der Waals surface area contributed by atoms with Gasteiger partial charge in [0.25, 0.3) is 0 Å². The molecule has 0 unspecified atom stereocenters. The molecule has 1 aliphatic carbocycles. The molecule has 0 saturated heterocycles. The van der Waals surface area contributed by atoms with Crippen molar-refractivity contribution in [3.8, 4) is 0 Å². The Morgan fingerprint density at radius 3 is 2.96 bits per heavy atom. The van der Waals surface area contributed by atoms with E-state index in [9.17, 15) is 4.79 Å². The van der Waals surface area contributed by atoms with Crippen LogP contribution in [0.15, 0.2) is 35.5 Å². The van der Waals surface area contributed by atoms with E-state index in [1.54, 1.807) is 0 Å². The lowest BCUT2D eigenvalue weighted by molar-refractivity contribution is -0.115. The number of ketones is 1. The van der Waals surface area contributed by atoms with Crippen molar-refractivity contribution in [1.82, 2.24) is 9.88 Å². The van der Waals surface area contributed by atoms with Crippen LogP contribution in [0, 0.1) is 5.92 Å². The SMILES string of the molecule is CCC[C@@H]1C[C@H]2c3[nH]c4ccccc4c3CCN2C2=C1C(=O)CC2. The summed E-state index contributed by atoms with van der Waals surface area (Å²) in [7, 11) is 0. The fourth-order valence-electron chi connectivity index (χ4n) is 5.31. The molecule has 3 aliphatic rings. The molecule has 3 nitrogen and oxygen atoms in total. The molecule has 0 fully saturated rings. The molecule has 0 saturated carbocycles. The number of aromatic nitrogens is 1. The average Bonchev–Trinajstić information content (AvgIpc) is 3.17. The minimum atomic E-state index is 0.421. The molecule has 0 radical (unpaired) electrons. The lowest BCUT2D eigenvalue weighted by atomic mass is 9.79. The third-order valence-electron chi connectivity index (χ3n) is 6.26. The number of allylic oxidation sites excluding steroid dienone is 2. The standard InChI is InChI=1S/C21H24N2O/c1-2-5-13-12-18-21-15(14-6-3-4-7-16(14)22-21)10-11-23(18)17-8-9-19(24)20(13)17/h3-4,6-7,13,18,22H,2,5,8-12H2,1H3/t13-,18+/m1/s1. The van der Waals surface area contributed by atoms with Gasteiger partial charge >= 0.3 is 0 Å². The Morgan fingerprint density at radius 2 is 2.08 bits per heavy atom. The number of hydrogen-bond donors (Lipinski definition) is 1. The number of fused-ring (bicyclic) bond motifs is 6. The highest BCUT2D eigenvalue weighted by atomic mass is 16.1. The van der Waals surface area contributed by atoms with Gasteiger partial charge in [-0.2, -0.15) is 0 Å². The molecule has 2 atom stereocenters. The zero-order chi connectivity index (χ0) is 16.3. The van der Waals surface area contributed by atoms with Gasteiger partial charge in [-0.3, -0.25) is 4.79 Å². The summed E-state index contributed by atoms with van der Waals surface area (Å²) in [5.74, 6) is 0.878. The second kappa shape index (κ2) is 5.23. The van der Waals surface area contributed by atoms with E-state index in [0.29, 0.717) is 17.7 Å². The van der Waals surface area contributed by atoms with Crippen LogP contribution >= 0.6 is 0 Å². The van der Waals surface area contributed by atoms with E-state index in [4.69, 9.17) is 0 Å². The first kappa shape index (κ1) is 14.3. The van der Waals surface area contributed by atoms with E-state index in [2.05, 4.69) is 41.1 Å². The molecule has 24 heavy (non-hydrogen) atoms. The number of nitrogens with zero attached hydrogens (tertiary/aromatic N) is 1. The van der Waals surface area contributed by atoms with Crippen molar-refractivity contribution < 1.29 is 4.79 Å². The van der Waals surface area contributed by atoms with Crippen molar-refractivity contribution in [1.29, 1.82) is 0 Å². The molecule has 0 spiro atoms. The summed E-state index contributed by atoms with van der Waals surface area (Å²) >= 11 is 0. The number of nitrogens with one attached hydrogen (secondary N) is 1. The van der Waals surface area contributed by atoms with Gasteiger partial charge in [-0.05, 0) is 43.2 Å². The van der Waals surface area contributed by atoms with Gasteiger partial charge < -0.3 is 9.88 Å². The van der Waals surface area contributed by atoms with Crippen molar-refractivity contribution in [3.63, 3.8) is 0 Å². The first-order valence-electron chi connectivity index (χ1n) is 9.40. The van der Waals surface area contributed by atoms with Crippen LogP contribution in [0.25, 0.3) is 10.9 Å². The van der Waals surface area contributed by atoms with Gasteiger partial charge in [-0.15, -0.1) is 0 Å². The maximum absolute atomic E-state index is 12.5. The predicted octanol–water partition coefficient (Wildman–Crippen LogP) is 4.50. The lowest BCUT2D eigenvalue weighted by Crippen LogP contribution is -2.40. The number of para-hydroxylation sites is 1. The highest BCUT2D eigenvalue weighted by Gasteiger charge is 2.43. The molecule has 5 rings (SSSR count). The van der Waals surface area contributed by atoms with Crippen molar-refractivity contribution in [2.75, 3.05) is 6.54 Å². The first-order valence-corrected chi connectivity index (χ1v) is 9.40. The predicted molar refractivity (Wildman–Crippen MR) is 95.7 cm³/mol. The molecule has 1 aromatic carbocycles. The highest BCUT2D eigenvalue weighted by Crippen LogP contribution is 2.49. The van der Waals surface area contributed by atoms with E-state index in [1.165, 1.54) is 33.4 Å². The fourth-order valence-corrected chi connectivity index (χ4v) is 5.31. The van der Waals surface area contributed by atoms with Crippen molar-refractivity contribution >= 4 is 16.7 Å². The number of carbonyl (C=O) groups is 1. The van der Waals surface area contributed by atoms with Crippen LogP contribution in [-0.4, -0.2) is 22.2 Å². The van der Waals surface area contributed by atoms with E-state index < -0.39 is 0 Å². The molecule has 3 heteroatoms. The van der Waals surface area contributed by atoms with Crippen LogP contribution in [0.1, 0.15) is 56.3 Å². The molecular formula is C21H24N2O. The monoisotopic (exact) mass is 320 g/mol. The quantitative estimate of drug-likeness (QED) is 0.884. The third kappa shape index (κ3) is 1.87. The summed E-state index contributed by atoms with van der Waals surface area (Å²) in [6, 6.07) is 9.12. The Kier molecular flexibility index (Phi) is 3.12. The molecule has 1 aromatic heterocycles. The maximum atomic E-state index is 12.5. The summed E-state index contributed by atoms with van der Waals surface area (Å²) < 4.78 is 0. The fraction of sp³-hybridized carbons (Fsp3) is 0.476. The largest absolute Gasteiger partial charge is 0.366 e. The number of H-pyrrole nitrogens is 1. The number of benzene rings is 1. The van der Waals surface area contributed by atoms with Gasteiger partial charge in [0, 0.05) is 40.8 Å². The average molecular weight is 320 g/mol. The molecule has 124 valence electrons. The Bertz CT molecular complexity index is 860. The number of rotatable bonds is 2. The number of hydrogen-bond acceptors (Lipinski definition) is 2. The second-order valence-corrected chi connectivity index (χ2v) is 7.53. The summed E-state index contributed by atoms with van der Waals surface area (Å²) in [5.41, 5.74) is 6.75. The van der Waals surface area contributed by atoms with Crippen LogP contribution in [-0.2, 0) is 11.2 Å². The smallest absolute Gasteiger partial charge is 0.161 e. The molecule has 0 bridgehead atoms. The zero-order valence-corrected chi connectivity index (χ0v) is 14.3. The minimum absolute atomic E-state index is 0.421. The van der Waals surface area contributed by atoms with E-state index >= 15 is 0 Å². The highest BCUT2D eigenvalue weighted by molar-refractivity contribution is 5.99. The zero-order valence-electron chi connectivity index (χ0n) is 14.3. The molecule has 2 aromatic rings. The summed E-state index contributed by atoms with van der Waals surface area (Å²) in [4.78, 5) is 18.7. The topological polar surface area (TPSA) is 36.1 Å². The summed E-state index contributed by atoms with van der Waals surface area (Å²) in [6.45, 7) is 3.30. The van der Waals surface area contributed by atoms with Gasteiger partial charge in [0.05, 0.1) is 6.04 Å². The lowest BCUT2D eigenvalue weighted by Gasteiger charge is -2.44. The Hall–Kier alpha value is -2.03. The van der Waals surface area contributed by atoms with Crippen LogP contribution in [0.3, 0.4) is 0 Å². The van der Waals surface area contributed by atoms with Gasteiger partial charge in [0.15, 0.2) is 5.78 Å². The number of aromatic amines is 1. The molecule has 3 heterocycles. The van der Waals surface area contributed by atoms with Gasteiger partial charge in [-0.25, -0.2) is 0 Å². The summed E-state index contributed by atoms with van der Waals surface area (Å²) in [5, 5.41) is 1.39. The van der Waals surface area contributed by atoms with Gasteiger partial charge in [0.2, 0.25) is 0 Å². The molecule has 1 N–H and O–H groups in total. The van der Waals surface area contributed by atoms with Crippen LogP contribution < -0.4 is 0 Å². The Morgan fingerprint density at radius 1 is 1.21 bits per heavy atom. The Labute approximate surface area is 142 Å². The normalized spacial score (nSPS) is 25.9. The van der Waals surface area contributed by atoms with Crippen molar-refractivity contribution in [3.05, 3.63) is 46.8 Å².